The fourth-order valence-corrected chi connectivity index (χ4v) is 3.31. The monoisotopic (exact) mass is 346 g/mol. The van der Waals surface area contributed by atoms with E-state index in [1.165, 1.54) is 11.1 Å². The van der Waals surface area contributed by atoms with Crippen LogP contribution in [0.3, 0.4) is 0 Å². The number of carbonyl (C=O) groups is 1. The normalized spacial score (nSPS) is 18.7. The van der Waals surface area contributed by atoms with Crippen molar-refractivity contribution in [3.63, 3.8) is 0 Å². The van der Waals surface area contributed by atoms with Gasteiger partial charge in [0.25, 0.3) is 0 Å². The summed E-state index contributed by atoms with van der Waals surface area (Å²) in [4.78, 5) is 14.0. The second kappa shape index (κ2) is 7.77. The molecule has 2 rings (SSSR count). The summed E-state index contributed by atoms with van der Waals surface area (Å²) in [5.41, 5.74) is 2.47. The average molecular weight is 347 g/mol. The number of nitrogens with zero attached hydrogens (tertiary/aromatic N) is 1. The second-order valence-corrected chi connectivity index (χ2v) is 8.74. The van der Waals surface area contributed by atoms with Gasteiger partial charge in [0.2, 0.25) is 0 Å². The Hall–Kier alpha value is -1.55. The third kappa shape index (κ3) is 5.74. The maximum Gasteiger partial charge on any atom is 0.410 e. The Bertz CT molecular complexity index is 584. The van der Waals surface area contributed by atoms with Gasteiger partial charge in [0.05, 0.1) is 0 Å². The lowest BCUT2D eigenvalue weighted by atomic mass is 9.80. The lowest BCUT2D eigenvalue weighted by Gasteiger charge is -2.40. The van der Waals surface area contributed by atoms with Gasteiger partial charge in [-0.15, -0.1) is 0 Å². The molecule has 0 bridgehead atoms. The lowest BCUT2D eigenvalue weighted by Crippen LogP contribution is -2.47. The van der Waals surface area contributed by atoms with Crippen LogP contribution in [0.2, 0.25) is 0 Å². The van der Waals surface area contributed by atoms with Crippen LogP contribution in [0.25, 0.3) is 0 Å². The quantitative estimate of drug-likeness (QED) is 0.860. The molecule has 1 saturated heterocycles. The van der Waals surface area contributed by atoms with E-state index in [1.54, 1.807) is 0 Å². The minimum absolute atomic E-state index is 0.184. The van der Waals surface area contributed by atoms with E-state index in [0.717, 1.165) is 32.5 Å². The third-order valence-corrected chi connectivity index (χ3v) is 5.11. The number of amides is 1. The van der Waals surface area contributed by atoms with Crippen LogP contribution < -0.4 is 5.32 Å². The molecule has 4 nitrogen and oxygen atoms in total. The van der Waals surface area contributed by atoms with Crippen molar-refractivity contribution in [3.05, 3.63) is 35.4 Å². The smallest absolute Gasteiger partial charge is 0.410 e. The Labute approximate surface area is 152 Å². The number of nitrogens with one attached hydrogen (secondary N) is 1. The zero-order chi connectivity index (χ0) is 18.7. The zero-order valence-electron chi connectivity index (χ0n) is 16.7. The number of hydrogen-bond donors (Lipinski definition) is 1. The van der Waals surface area contributed by atoms with Gasteiger partial charge in [-0.2, -0.15) is 0 Å². The summed E-state index contributed by atoms with van der Waals surface area (Å²) in [6, 6.07) is 8.87. The van der Waals surface area contributed by atoms with Crippen LogP contribution in [0.5, 0.6) is 0 Å². The first kappa shape index (κ1) is 19.8. The summed E-state index contributed by atoms with van der Waals surface area (Å²) >= 11 is 0. The zero-order valence-corrected chi connectivity index (χ0v) is 16.7. The second-order valence-electron chi connectivity index (χ2n) is 8.74. The molecule has 140 valence electrons. The van der Waals surface area contributed by atoms with E-state index in [0.29, 0.717) is 6.04 Å². The molecule has 1 aliphatic rings. The molecule has 1 unspecified atom stereocenters. The highest BCUT2D eigenvalue weighted by molar-refractivity contribution is 5.68. The minimum Gasteiger partial charge on any atom is -0.444 e. The number of ether oxygens (including phenoxy) is 1. The molecule has 1 aromatic carbocycles. The molecule has 4 heteroatoms. The molecular formula is C21H34N2O2. The fraction of sp³-hybridized carbons (Fsp3) is 0.667. The van der Waals surface area contributed by atoms with Gasteiger partial charge in [0.15, 0.2) is 0 Å². The van der Waals surface area contributed by atoms with Crippen molar-refractivity contribution in [2.24, 2.45) is 5.41 Å². The number of hydrogen-bond acceptors (Lipinski definition) is 3. The highest BCUT2D eigenvalue weighted by Gasteiger charge is 2.33. The summed E-state index contributed by atoms with van der Waals surface area (Å²) in [6.07, 6.45) is 1.82. The Morgan fingerprint density at radius 3 is 2.44 bits per heavy atom. The summed E-state index contributed by atoms with van der Waals surface area (Å²) in [6.45, 7) is 14.9. The predicted octanol–water partition coefficient (Wildman–Crippen LogP) is 4.68. The third-order valence-electron chi connectivity index (χ3n) is 5.11. The van der Waals surface area contributed by atoms with Gasteiger partial charge < -0.3 is 15.0 Å². The van der Waals surface area contributed by atoms with E-state index in [1.807, 2.05) is 25.7 Å². The van der Waals surface area contributed by atoms with Crippen LogP contribution in [0.1, 0.15) is 64.6 Å². The maximum atomic E-state index is 12.2. The molecule has 1 aromatic rings. The summed E-state index contributed by atoms with van der Waals surface area (Å²) in [5.74, 6) is 0. The van der Waals surface area contributed by atoms with E-state index < -0.39 is 5.60 Å². The molecule has 1 amide bonds. The van der Waals surface area contributed by atoms with Gasteiger partial charge in [-0.05, 0) is 64.0 Å². The number of carbonyl (C=O) groups excluding carboxylic acids is 1. The van der Waals surface area contributed by atoms with E-state index in [4.69, 9.17) is 4.74 Å². The molecule has 0 spiro atoms. The highest BCUT2D eigenvalue weighted by Crippen LogP contribution is 2.31. The first-order valence-corrected chi connectivity index (χ1v) is 9.36. The molecule has 1 aliphatic heterocycles. The van der Waals surface area contributed by atoms with E-state index in [9.17, 15) is 4.79 Å². The van der Waals surface area contributed by atoms with Crippen LogP contribution >= 0.6 is 0 Å². The van der Waals surface area contributed by atoms with Crippen molar-refractivity contribution in [2.45, 2.75) is 66.0 Å². The largest absolute Gasteiger partial charge is 0.444 e. The van der Waals surface area contributed by atoms with Crippen molar-refractivity contribution >= 4 is 6.09 Å². The number of aryl methyl sites for hydroxylation is 1. The number of rotatable bonds is 4. The first-order valence-electron chi connectivity index (χ1n) is 9.36. The minimum atomic E-state index is -0.428. The Kier molecular flexibility index (Phi) is 6.15. The molecule has 1 heterocycles. The van der Waals surface area contributed by atoms with Crippen LogP contribution in [-0.4, -0.2) is 36.2 Å². The van der Waals surface area contributed by atoms with Crippen molar-refractivity contribution in [2.75, 3.05) is 19.6 Å². The molecule has 0 radical (unpaired) electrons. The van der Waals surface area contributed by atoms with Gasteiger partial charge in [0, 0.05) is 25.7 Å². The van der Waals surface area contributed by atoms with E-state index in [-0.39, 0.29) is 11.5 Å². The molecule has 1 N–H and O–H groups in total. The number of benzene rings is 1. The van der Waals surface area contributed by atoms with Crippen LogP contribution in [0, 0.1) is 12.3 Å². The SMILES string of the molecule is Cc1ccccc1C(C)NCC1(C)CCN(C(=O)OC(C)(C)C)CC1. The predicted molar refractivity (Wildman–Crippen MR) is 103 cm³/mol. The summed E-state index contributed by atoms with van der Waals surface area (Å²) < 4.78 is 5.49. The van der Waals surface area contributed by atoms with Crippen LogP contribution in [-0.2, 0) is 4.74 Å². The standard InChI is InChI=1S/C21H34N2O2/c1-16-9-7-8-10-18(16)17(2)22-15-21(6)11-13-23(14-12-21)19(24)25-20(3,4)5/h7-10,17,22H,11-15H2,1-6H3. The summed E-state index contributed by atoms with van der Waals surface area (Å²) in [7, 11) is 0. The first-order chi connectivity index (χ1) is 11.6. The number of likely N-dealkylation sites (tertiary alicyclic amines) is 1. The maximum absolute atomic E-state index is 12.2. The average Bonchev–Trinajstić information content (AvgIpc) is 2.52. The van der Waals surface area contributed by atoms with Crippen molar-refractivity contribution < 1.29 is 9.53 Å². The molecule has 0 aliphatic carbocycles. The highest BCUT2D eigenvalue weighted by atomic mass is 16.6. The Balaban J connectivity index is 1.84. The molecular weight excluding hydrogens is 312 g/mol. The topological polar surface area (TPSA) is 41.6 Å². The van der Waals surface area contributed by atoms with Gasteiger partial charge >= 0.3 is 6.09 Å². The van der Waals surface area contributed by atoms with Gasteiger partial charge in [-0.1, -0.05) is 31.2 Å². The Morgan fingerprint density at radius 1 is 1.28 bits per heavy atom. The van der Waals surface area contributed by atoms with Gasteiger partial charge in [-0.3, -0.25) is 0 Å². The molecule has 0 aromatic heterocycles. The van der Waals surface area contributed by atoms with Crippen molar-refractivity contribution in [1.82, 2.24) is 10.2 Å². The number of piperidine rings is 1. The fourth-order valence-electron chi connectivity index (χ4n) is 3.31. The van der Waals surface area contributed by atoms with Gasteiger partial charge in [-0.25, -0.2) is 4.79 Å². The van der Waals surface area contributed by atoms with E-state index >= 15 is 0 Å². The van der Waals surface area contributed by atoms with Crippen molar-refractivity contribution in [1.29, 1.82) is 0 Å². The lowest BCUT2D eigenvalue weighted by molar-refractivity contribution is 0.0117. The molecule has 0 saturated carbocycles. The van der Waals surface area contributed by atoms with Crippen molar-refractivity contribution in [3.8, 4) is 0 Å². The van der Waals surface area contributed by atoms with Crippen LogP contribution in [0.15, 0.2) is 24.3 Å². The van der Waals surface area contributed by atoms with Gasteiger partial charge in [0.1, 0.15) is 5.60 Å². The van der Waals surface area contributed by atoms with E-state index in [2.05, 4.69) is 50.4 Å². The summed E-state index contributed by atoms with van der Waals surface area (Å²) in [5, 5.41) is 3.70. The van der Waals surface area contributed by atoms with Crippen LogP contribution in [0.4, 0.5) is 4.79 Å². The molecule has 25 heavy (non-hydrogen) atoms. The Morgan fingerprint density at radius 2 is 1.88 bits per heavy atom. The molecule has 1 atom stereocenters. The molecule has 1 fully saturated rings.